The SMILES string of the molecule is CCNC(=O)C(C)(C)CNC(=NCc1ncnn1C)NCC.I. The van der Waals surface area contributed by atoms with E-state index < -0.39 is 5.41 Å². The molecule has 1 aromatic heterocycles. The molecule has 0 saturated heterocycles. The second-order valence-electron chi connectivity index (χ2n) is 5.59. The van der Waals surface area contributed by atoms with Crippen molar-refractivity contribution < 1.29 is 4.79 Å². The molecule has 1 heterocycles. The third-order valence-electron chi connectivity index (χ3n) is 3.18. The molecule has 0 aliphatic heterocycles. The van der Waals surface area contributed by atoms with Gasteiger partial charge in [0.2, 0.25) is 5.91 Å². The zero-order valence-electron chi connectivity index (χ0n) is 14.5. The van der Waals surface area contributed by atoms with E-state index in [2.05, 4.69) is 31.0 Å². The fourth-order valence-corrected chi connectivity index (χ4v) is 1.74. The van der Waals surface area contributed by atoms with Gasteiger partial charge in [-0.25, -0.2) is 9.98 Å². The van der Waals surface area contributed by atoms with E-state index in [4.69, 9.17) is 0 Å². The van der Waals surface area contributed by atoms with E-state index in [1.165, 1.54) is 6.33 Å². The number of hydrogen-bond donors (Lipinski definition) is 3. The summed E-state index contributed by atoms with van der Waals surface area (Å²) in [5.74, 6) is 1.45. The molecule has 1 amide bonds. The minimum absolute atomic E-state index is 0. The number of guanidine groups is 1. The molecule has 0 saturated carbocycles. The van der Waals surface area contributed by atoms with Gasteiger partial charge in [0, 0.05) is 26.7 Å². The third kappa shape index (κ3) is 7.14. The second-order valence-corrected chi connectivity index (χ2v) is 5.59. The number of carbonyl (C=O) groups is 1. The maximum atomic E-state index is 12.0. The lowest BCUT2D eigenvalue weighted by molar-refractivity contribution is -0.128. The minimum atomic E-state index is -0.517. The van der Waals surface area contributed by atoms with Gasteiger partial charge in [-0.3, -0.25) is 9.48 Å². The first-order valence-corrected chi connectivity index (χ1v) is 7.54. The first kappa shape index (κ1) is 21.6. The number of hydrogen-bond acceptors (Lipinski definition) is 4. The first-order chi connectivity index (χ1) is 10.4. The zero-order chi connectivity index (χ0) is 16.6. The molecule has 9 heteroatoms. The molecule has 3 N–H and O–H groups in total. The molecule has 1 rings (SSSR count). The van der Waals surface area contributed by atoms with Gasteiger partial charge in [-0.2, -0.15) is 5.10 Å². The van der Waals surface area contributed by atoms with Crippen LogP contribution >= 0.6 is 24.0 Å². The van der Waals surface area contributed by atoms with E-state index in [1.807, 2.05) is 34.7 Å². The van der Waals surface area contributed by atoms with Crippen LogP contribution in [0.25, 0.3) is 0 Å². The Bertz CT molecular complexity index is 513. The number of aryl methyl sites for hydroxylation is 1. The molecule has 0 aliphatic carbocycles. The summed E-state index contributed by atoms with van der Waals surface area (Å²) in [5.41, 5.74) is -0.517. The van der Waals surface area contributed by atoms with Crippen molar-refractivity contribution in [3.8, 4) is 0 Å². The number of halogens is 1. The summed E-state index contributed by atoms with van der Waals surface area (Å²) < 4.78 is 1.69. The number of nitrogens with zero attached hydrogens (tertiary/aromatic N) is 4. The van der Waals surface area contributed by atoms with Crippen LogP contribution in [0.4, 0.5) is 0 Å². The van der Waals surface area contributed by atoms with Crippen molar-refractivity contribution in [3.63, 3.8) is 0 Å². The average molecular weight is 437 g/mol. The molecule has 8 nitrogen and oxygen atoms in total. The molecule has 0 radical (unpaired) electrons. The highest BCUT2D eigenvalue weighted by Gasteiger charge is 2.27. The van der Waals surface area contributed by atoms with Crippen LogP contribution < -0.4 is 16.0 Å². The number of nitrogens with one attached hydrogen (secondary N) is 3. The van der Waals surface area contributed by atoms with Crippen LogP contribution in [0.1, 0.15) is 33.5 Å². The van der Waals surface area contributed by atoms with Crippen LogP contribution in [0.15, 0.2) is 11.3 Å². The summed E-state index contributed by atoms with van der Waals surface area (Å²) in [6.07, 6.45) is 1.50. The maximum Gasteiger partial charge on any atom is 0.227 e. The molecule has 0 bridgehead atoms. The average Bonchev–Trinajstić information content (AvgIpc) is 2.87. The molecule has 0 aromatic carbocycles. The highest BCUT2D eigenvalue weighted by atomic mass is 127. The predicted molar refractivity (Wildman–Crippen MR) is 102 cm³/mol. The molecule has 0 aliphatic rings. The Balaban J connectivity index is 0.00000484. The summed E-state index contributed by atoms with van der Waals surface area (Å²) in [4.78, 5) is 20.6. The largest absolute Gasteiger partial charge is 0.357 e. The summed E-state index contributed by atoms with van der Waals surface area (Å²) >= 11 is 0. The van der Waals surface area contributed by atoms with Crippen molar-refractivity contribution in [2.75, 3.05) is 19.6 Å². The lowest BCUT2D eigenvalue weighted by atomic mass is 9.92. The standard InChI is InChI=1S/C14H27N7O.HI/c1-6-15-12(22)14(3,4)9-18-13(16-7-2)17-8-11-19-10-20-21(11)5;/h10H,6-9H2,1-5H3,(H,15,22)(H2,16,17,18);1H. The molecular weight excluding hydrogens is 409 g/mol. The van der Waals surface area contributed by atoms with E-state index >= 15 is 0 Å². The quantitative estimate of drug-likeness (QED) is 0.331. The Hall–Kier alpha value is -1.39. The topological polar surface area (TPSA) is 96.2 Å². The number of aliphatic imine (C=N–C) groups is 1. The van der Waals surface area contributed by atoms with Crippen molar-refractivity contribution in [2.45, 2.75) is 34.2 Å². The van der Waals surface area contributed by atoms with Gasteiger partial charge in [0.1, 0.15) is 18.7 Å². The second kappa shape index (κ2) is 10.4. The first-order valence-electron chi connectivity index (χ1n) is 7.54. The third-order valence-corrected chi connectivity index (χ3v) is 3.18. The lowest BCUT2D eigenvalue weighted by Gasteiger charge is -2.24. The van der Waals surface area contributed by atoms with Crippen LogP contribution in [-0.2, 0) is 18.4 Å². The van der Waals surface area contributed by atoms with Gasteiger partial charge in [-0.15, -0.1) is 24.0 Å². The van der Waals surface area contributed by atoms with Gasteiger partial charge in [0.15, 0.2) is 5.96 Å². The molecule has 0 spiro atoms. The van der Waals surface area contributed by atoms with Crippen molar-refractivity contribution in [1.82, 2.24) is 30.7 Å². The molecule has 23 heavy (non-hydrogen) atoms. The molecule has 1 aromatic rings. The number of carbonyl (C=O) groups excluding carboxylic acids is 1. The highest BCUT2D eigenvalue weighted by molar-refractivity contribution is 14.0. The van der Waals surface area contributed by atoms with E-state index in [-0.39, 0.29) is 29.9 Å². The van der Waals surface area contributed by atoms with Gasteiger partial charge in [-0.1, -0.05) is 0 Å². The number of amides is 1. The number of rotatable bonds is 7. The molecule has 132 valence electrons. The summed E-state index contributed by atoms with van der Waals surface area (Å²) in [6, 6.07) is 0. The fourth-order valence-electron chi connectivity index (χ4n) is 1.74. The highest BCUT2D eigenvalue weighted by Crippen LogP contribution is 2.13. The maximum absolute atomic E-state index is 12.0. The summed E-state index contributed by atoms with van der Waals surface area (Å²) in [6.45, 7) is 9.99. The Labute approximate surface area is 154 Å². The van der Waals surface area contributed by atoms with Gasteiger partial charge in [0.05, 0.1) is 5.41 Å². The van der Waals surface area contributed by atoms with Crippen LogP contribution in [0.3, 0.4) is 0 Å². The Morgan fingerprint density at radius 1 is 1.26 bits per heavy atom. The van der Waals surface area contributed by atoms with E-state index in [1.54, 1.807) is 4.68 Å². The smallest absolute Gasteiger partial charge is 0.227 e. The monoisotopic (exact) mass is 437 g/mol. The Morgan fingerprint density at radius 3 is 2.43 bits per heavy atom. The van der Waals surface area contributed by atoms with E-state index in [9.17, 15) is 4.79 Å². The van der Waals surface area contributed by atoms with Crippen LogP contribution in [0.5, 0.6) is 0 Å². The molecule has 0 atom stereocenters. The van der Waals surface area contributed by atoms with Gasteiger partial charge in [0.25, 0.3) is 0 Å². The zero-order valence-corrected chi connectivity index (χ0v) is 16.8. The van der Waals surface area contributed by atoms with Crippen molar-refractivity contribution in [2.24, 2.45) is 17.5 Å². The minimum Gasteiger partial charge on any atom is -0.357 e. The normalized spacial score (nSPS) is 11.6. The van der Waals surface area contributed by atoms with Crippen molar-refractivity contribution >= 4 is 35.8 Å². The van der Waals surface area contributed by atoms with Crippen LogP contribution in [0.2, 0.25) is 0 Å². The predicted octanol–water partition coefficient (Wildman–Crippen LogP) is 0.650. The summed E-state index contributed by atoms with van der Waals surface area (Å²) in [5, 5.41) is 13.2. The van der Waals surface area contributed by atoms with E-state index in [0.717, 1.165) is 12.4 Å². The molecular formula is C14H28IN7O. The van der Waals surface area contributed by atoms with Crippen molar-refractivity contribution in [1.29, 1.82) is 0 Å². The number of aromatic nitrogens is 3. The van der Waals surface area contributed by atoms with Gasteiger partial charge >= 0.3 is 0 Å². The summed E-state index contributed by atoms with van der Waals surface area (Å²) in [7, 11) is 1.83. The van der Waals surface area contributed by atoms with E-state index in [0.29, 0.717) is 25.6 Å². The lowest BCUT2D eigenvalue weighted by Crippen LogP contribution is -2.47. The van der Waals surface area contributed by atoms with Crippen molar-refractivity contribution in [3.05, 3.63) is 12.2 Å². The Morgan fingerprint density at radius 2 is 1.91 bits per heavy atom. The fraction of sp³-hybridized carbons (Fsp3) is 0.714. The van der Waals surface area contributed by atoms with Crippen LogP contribution in [-0.4, -0.2) is 46.3 Å². The van der Waals surface area contributed by atoms with Gasteiger partial charge in [-0.05, 0) is 27.7 Å². The molecule has 0 unspecified atom stereocenters. The van der Waals surface area contributed by atoms with Gasteiger partial charge < -0.3 is 16.0 Å². The van der Waals surface area contributed by atoms with Crippen LogP contribution in [0, 0.1) is 5.41 Å². The molecule has 0 fully saturated rings. The Kier molecular flexibility index (Phi) is 9.77.